The third-order valence-electron chi connectivity index (χ3n) is 4.49. The Morgan fingerprint density at radius 1 is 1.29 bits per heavy atom. The average molecular weight is 398 g/mol. The number of thioether (sulfide) groups is 1. The predicted octanol–water partition coefficient (Wildman–Crippen LogP) is 3.45. The molecule has 4 rings (SSSR count). The molecule has 0 fully saturated rings. The molecule has 0 aliphatic carbocycles. The molecule has 3 heterocycles. The summed E-state index contributed by atoms with van der Waals surface area (Å²) >= 11 is 1.67. The van der Waals surface area contributed by atoms with Crippen LogP contribution in [-0.2, 0) is 0 Å². The molecule has 2 aromatic heterocycles. The Morgan fingerprint density at radius 2 is 2.14 bits per heavy atom. The van der Waals surface area contributed by atoms with Gasteiger partial charge in [-0.3, -0.25) is 4.99 Å². The Balaban J connectivity index is 1.67. The Hall–Kier alpha value is -2.94. The Kier molecular flexibility index (Phi) is 4.99. The maximum atomic E-state index is 14.5. The smallest absolute Gasteiger partial charge is 0.232 e. The second kappa shape index (κ2) is 7.59. The molecule has 0 saturated heterocycles. The molecule has 144 valence electrons. The quantitative estimate of drug-likeness (QED) is 0.694. The summed E-state index contributed by atoms with van der Waals surface area (Å²) in [6, 6.07) is 6.26. The number of halogens is 1. The van der Waals surface area contributed by atoms with Gasteiger partial charge in [0.15, 0.2) is 5.82 Å². The van der Waals surface area contributed by atoms with Gasteiger partial charge in [0, 0.05) is 23.2 Å². The molecule has 2 unspecified atom stereocenters. The van der Waals surface area contributed by atoms with Gasteiger partial charge in [-0.2, -0.15) is 0 Å². The number of ether oxygens (including phenoxy) is 1. The zero-order chi connectivity index (χ0) is 19.7. The molecule has 28 heavy (non-hydrogen) atoms. The second-order valence-corrected chi connectivity index (χ2v) is 7.72. The van der Waals surface area contributed by atoms with E-state index in [0.717, 1.165) is 0 Å². The first-order valence-electron chi connectivity index (χ1n) is 8.72. The van der Waals surface area contributed by atoms with E-state index in [1.54, 1.807) is 36.2 Å². The van der Waals surface area contributed by atoms with Crippen LogP contribution < -0.4 is 15.8 Å². The van der Waals surface area contributed by atoms with E-state index in [1.807, 2.05) is 6.92 Å². The predicted molar refractivity (Wildman–Crippen MR) is 110 cm³/mol. The number of anilines is 2. The molecule has 2 atom stereocenters. The molecule has 0 spiro atoms. The van der Waals surface area contributed by atoms with Crippen molar-refractivity contribution < 1.29 is 9.13 Å². The lowest BCUT2D eigenvalue weighted by molar-refractivity contribution is 0.397. The van der Waals surface area contributed by atoms with Crippen LogP contribution in [0.1, 0.15) is 18.5 Å². The molecule has 1 aliphatic heterocycles. The van der Waals surface area contributed by atoms with E-state index < -0.39 is 0 Å². The standard InChI is InChI=1S/C19H19FN6OS/c1-10-18(21)26-15(9-28-10)12-7-11(3-4-13(12)20)24-19-17-14(5-6-22-19)25-16(27-2)8-23-17/h3-8,10,15H,9H2,1-2H3,(H2,21,26)(H,22,24). The van der Waals surface area contributed by atoms with Crippen LogP contribution in [0.4, 0.5) is 15.9 Å². The van der Waals surface area contributed by atoms with Gasteiger partial charge in [0.05, 0.1) is 30.1 Å². The first kappa shape index (κ1) is 18.4. The van der Waals surface area contributed by atoms with E-state index in [1.165, 1.54) is 19.4 Å². The fourth-order valence-electron chi connectivity index (χ4n) is 2.93. The van der Waals surface area contributed by atoms with E-state index in [2.05, 4.69) is 25.3 Å². The number of rotatable bonds is 4. The summed E-state index contributed by atoms with van der Waals surface area (Å²) in [7, 11) is 1.54. The number of nitrogens with two attached hydrogens (primary N) is 1. The fourth-order valence-corrected chi connectivity index (χ4v) is 3.89. The number of fused-ring (bicyclic) bond motifs is 1. The van der Waals surface area contributed by atoms with Crippen LogP contribution in [0.15, 0.2) is 41.7 Å². The zero-order valence-corrected chi connectivity index (χ0v) is 16.2. The minimum atomic E-state index is -0.313. The van der Waals surface area contributed by atoms with Crippen LogP contribution in [-0.4, -0.2) is 38.9 Å². The highest BCUT2D eigenvalue weighted by Gasteiger charge is 2.23. The van der Waals surface area contributed by atoms with Gasteiger partial charge >= 0.3 is 0 Å². The van der Waals surface area contributed by atoms with Crippen molar-refractivity contribution in [2.24, 2.45) is 10.7 Å². The van der Waals surface area contributed by atoms with Gasteiger partial charge in [-0.1, -0.05) is 0 Å². The molecule has 3 aromatic rings. The summed E-state index contributed by atoms with van der Waals surface area (Å²) in [6.07, 6.45) is 3.16. The molecule has 9 heteroatoms. The number of amidine groups is 1. The number of aromatic nitrogens is 3. The highest BCUT2D eigenvalue weighted by Crippen LogP contribution is 2.33. The summed E-state index contributed by atoms with van der Waals surface area (Å²) < 4.78 is 19.6. The Labute approximate surface area is 165 Å². The summed E-state index contributed by atoms with van der Waals surface area (Å²) in [4.78, 5) is 17.5. The van der Waals surface area contributed by atoms with Crippen molar-refractivity contribution in [2.75, 3.05) is 18.2 Å². The molecular weight excluding hydrogens is 379 g/mol. The van der Waals surface area contributed by atoms with Gasteiger partial charge in [-0.05, 0) is 31.2 Å². The third-order valence-corrected chi connectivity index (χ3v) is 5.74. The monoisotopic (exact) mass is 398 g/mol. The van der Waals surface area contributed by atoms with Crippen molar-refractivity contribution in [3.05, 3.63) is 48.0 Å². The number of hydrogen-bond acceptors (Lipinski definition) is 8. The molecule has 1 aromatic carbocycles. The van der Waals surface area contributed by atoms with Gasteiger partial charge in [0.2, 0.25) is 5.88 Å². The molecule has 7 nitrogen and oxygen atoms in total. The summed E-state index contributed by atoms with van der Waals surface area (Å²) in [5.74, 6) is 1.87. The van der Waals surface area contributed by atoms with Crippen LogP contribution in [0.3, 0.4) is 0 Å². The number of aliphatic imine (C=N–C) groups is 1. The molecular formula is C19H19FN6OS. The lowest BCUT2D eigenvalue weighted by Gasteiger charge is -2.24. The van der Waals surface area contributed by atoms with Crippen LogP contribution in [0.5, 0.6) is 5.88 Å². The fraction of sp³-hybridized carbons (Fsp3) is 0.263. The van der Waals surface area contributed by atoms with E-state index in [4.69, 9.17) is 10.5 Å². The van der Waals surface area contributed by atoms with Crippen molar-refractivity contribution in [3.8, 4) is 5.88 Å². The van der Waals surface area contributed by atoms with E-state index >= 15 is 0 Å². The lowest BCUT2D eigenvalue weighted by Crippen LogP contribution is -2.29. The third kappa shape index (κ3) is 3.57. The van der Waals surface area contributed by atoms with Crippen LogP contribution >= 0.6 is 11.8 Å². The maximum absolute atomic E-state index is 14.5. The largest absolute Gasteiger partial charge is 0.480 e. The van der Waals surface area contributed by atoms with Crippen LogP contribution in [0, 0.1) is 5.82 Å². The van der Waals surface area contributed by atoms with E-state index in [-0.39, 0.29) is 17.1 Å². The first-order valence-corrected chi connectivity index (χ1v) is 9.77. The number of nitrogens with zero attached hydrogens (tertiary/aromatic N) is 4. The number of methoxy groups -OCH3 is 1. The second-order valence-electron chi connectivity index (χ2n) is 6.35. The van der Waals surface area contributed by atoms with E-state index in [0.29, 0.717) is 45.6 Å². The number of hydrogen-bond donors (Lipinski definition) is 2. The van der Waals surface area contributed by atoms with Gasteiger partial charge < -0.3 is 15.8 Å². The Bertz CT molecular complexity index is 1060. The molecule has 0 saturated carbocycles. The molecule has 0 radical (unpaired) electrons. The molecule has 1 aliphatic rings. The van der Waals surface area contributed by atoms with Crippen molar-refractivity contribution in [3.63, 3.8) is 0 Å². The lowest BCUT2D eigenvalue weighted by atomic mass is 10.1. The minimum absolute atomic E-state index is 0.149. The maximum Gasteiger partial charge on any atom is 0.232 e. The molecule has 0 amide bonds. The van der Waals surface area contributed by atoms with Crippen LogP contribution in [0.25, 0.3) is 11.0 Å². The van der Waals surface area contributed by atoms with Crippen LogP contribution in [0.2, 0.25) is 0 Å². The van der Waals surface area contributed by atoms with Gasteiger partial charge in [0.1, 0.15) is 17.2 Å². The van der Waals surface area contributed by atoms with Gasteiger partial charge in [-0.15, -0.1) is 11.8 Å². The molecule has 3 N–H and O–H groups in total. The van der Waals surface area contributed by atoms with Crippen molar-refractivity contribution in [1.29, 1.82) is 0 Å². The number of benzene rings is 1. The SMILES string of the molecule is COc1cnc2c(Nc3ccc(F)c(C4CSC(C)C(N)=N4)c3)nccc2n1. The Morgan fingerprint density at radius 3 is 2.93 bits per heavy atom. The highest BCUT2D eigenvalue weighted by molar-refractivity contribution is 8.00. The van der Waals surface area contributed by atoms with Crippen molar-refractivity contribution >= 4 is 40.1 Å². The number of nitrogens with one attached hydrogen (secondary N) is 1. The minimum Gasteiger partial charge on any atom is -0.480 e. The summed E-state index contributed by atoms with van der Waals surface area (Å²) in [6.45, 7) is 2.00. The topological polar surface area (TPSA) is 98.3 Å². The molecule has 0 bridgehead atoms. The summed E-state index contributed by atoms with van der Waals surface area (Å²) in [5, 5.41) is 3.35. The summed E-state index contributed by atoms with van der Waals surface area (Å²) in [5.41, 5.74) is 8.39. The van der Waals surface area contributed by atoms with E-state index in [9.17, 15) is 4.39 Å². The zero-order valence-electron chi connectivity index (χ0n) is 15.4. The first-order chi connectivity index (χ1) is 13.5. The van der Waals surface area contributed by atoms with Gasteiger partial charge in [-0.25, -0.2) is 19.3 Å². The van der Waals surface area contributed by atoms with Crippen molar-refractivity contribution in [1.82, 2.24) is 15.0 Å². The normalized spacial score (nSPS) is 19.3. The average Bonchev–Trinajstić information content (AvgIpc) is 2.71. The highest BCUT2D eigenvalue weighted by atomic mass is 32.2. The van der Waals surface area contributed by atoms with Crippen molar-refractivity contribution in [2.45, 2.75) is 18.2 Å². The number of pyridine rings is 1. The van der Waals surface area contributed by atoms with Gasteiger partial charge in [0.25, 0.3) is 0 Å².